The highest BCUT2D eigenvalue weighted by Crippen LogP contribution is 2.29. The summed E-state index contributed by atoms with van der Waals surface area (Å²) in [6.07, 6.45) is 0. The van der Waals surface area contributed by atoms with Crippen molar-refractivity contribution in [1.82, 2.24) is 0 Å². The Morgan fingerprint density at radius 3 is 2.58 bits per heavy atom. The highest BCUT2D eigenvalue weighted by molar-refractivity contribution is 6.33. The fraction of sp³-hybridized carbons (Fsp3) is 0. The minimum absolute atomic E-state index is 0.0274. The van der Waals surface area contributed by atoms with E-state index in [-0.39, 0.29) is 22.0 Å². The van der Waals surface area contributed by atoms with Crippen LogP contribution >= 0.6 is 11.6 Å². The van der Waals surface area contributed by atoms with Crippen molar-refractivity contribution in [3.8, 4) is 0 Å². The maximum Gasteiger partial charge on any atom is 0.337 e. The van der Waals surface area contributed by atoms with Crippen LogP contribution in [0.4, 0.5) is 20.2 Å². The smallest absolute Gasteiger partial charge is 0.337 e. The Labute approximate surface area is 112 Å². The van der Waals surface area contributed by atoms with E-state index in [1.54, 1.807) is 0 Å². The van der Waals surface area contributed by atoms with Crippen LogP contribution in [0.5, 0.6) is 0 Å². The lowest BCUT2D eigenvalue weighted by atomic mass is 10.1. The summed E-state index contributed by atoms with van der Waals surface area (Å²) in [5, 5.41) is 11.6. The Morgan fingerprint density at radius 2 is 1.95 bits per heavy atom. The van der Waals surface area contributed by atoms with Crippen molar-refractivity contribution in [3.63, 3.8) is 0 Å². The number of nitrogens with one attached hydrogen (secondary N) is 1. The van der Waals surface area contributed by atoms with E-state index in [2.05, 4.69) is 5.32 Å². The van der Waals surface area contributed by atoms with Gasteiger partial charge >= 0.3 is 5.97 Å². The summed E-state index contributed by atoms with van der Waals surface area (Å²) in [6, 6.07) is 7.14. The third kappa shape index (κ3) is 2.82. The molecular weight excluding hydrogens is 276 g/mol. The fourth-order valence-electron chi connectivity index (χ4n) is 1.55. The van der Waals surface area contributed by atoms with Gasteiger partial charge in [-0.25, -0.2) is 13.6 Å². The van der Waals surface area contributed by atoms with Crippen molar-refractivity contribution in [1.29, 1.82) is 0 Å². The summed E-state index contributed by atoms with van der Waals surface area (Å²) in [6.45, 7) is 0. The first-order valence-electron chi connectivity index (χ1n) is 5.23. The van der Waals surface area contributed by atoms with Gasteiger partial charge in [0.15, 0.2) is 0 Å². The van der Waals surface area contributed by atoms with Gasteiger partial charge in [0.05, 0.1) is 22.0 Å². The van der Waals surface area contributed by atoms with E-state index in [4.69, 9.17) is 16.7 Å². The average molecular weight is 284 g/mol. The lowest BCUT2D eigenvalue weighted by Gasteiger charge is -2.11. The Bertz CT molecular complexity index is 647. The number of hydrogen-bond donors (Lipinski definition) is 2. The molecule has 0 radical (unpaired) electrons. The van der Waals surface area contributed by atoms with E-state index in [9.17, 15) is 13.6 Å². The van der Waals surface area contributed by atoms with Crippen molar-refractivity contribution in [2.45, 2.75) is 0 Å². The zero-order valence-corrected chi connectivity index (χ0v) is 10.2. The van der Waals surface area contributed by atoms with Gasteiger partial charge in [-0.3, -0.25) is 0 Å². The minimum atomic E-state index is -1.28. The van der Waals surface area contributed by atoms with Gasteiger partial charge in [0.25, 0.3) is 0 Å². The molecule has 0 fully saturated rings. The topological polar surface area (TPSA) is 49.3 Å². The molecule has 0 atom stereocenters. The van der Waals surface area contributed by atoms with E-state index >= 15 is 0 Å². The number of para-hydroxylation sites is 1. The lowest BCUT2D eigenvalue weighted by molar-refractivity contribution is 0.0697. The zero-order chi connectivity index (χ0) is 14.0. The summed E-state index contributed by atoms with van der Waals surface area (Å²) in [5.74, 6) is -2.55. The molecular formula is C13H8ClF2NO2. The van der Waals surface area contributed by atoms with Crippen LogP contribution in [0.2, 0.25) is 5.02 Å². The summed E-state index contributed by atoms with van der Waals surface area (Å²) in [5.41, 5.74) is -0.237. The summed E-state index contributed by atoms with van der Waals surface area (Å²) < 4.78 is 26.6. The van der Waals surface area contributed by atoms with Crippen LogP contribution in [0.1, 0.15) is 10.4 Å². The molecule has 0 amide bonds. The van der Waals surface area contributed by atoms with E-state index in [1.807, 2.05) is 0 Å². The molecule has 0 aromatic heterocycles. The number of carboxylic acids is 1. The third-order valence-electron chi connectivity index (χ3n) is 2.43. The van der Waals surface area contributed by atoms with Crippen molar-refractivity contribution in [2.75, 3.05) is 5.32 Å². The Balaban J connectivity index is 2.46. The molecule has 0 unspecified atom stereocenters. The first kappa shape index (κ1) is 13.3. The number of benzene rings is 2. The molecule has 2 aromatic carbocycles. The highest BCUT2D eigenvalue weighted by atomic mass is 35.5. The van der Waals surface area contributed by atoms with Gasteiger partial charge in [-0.15, -0.1) is 0 Å². The normalized spacial score (nSPS) is 10.3. The second-order valence-corrected chi connectivity index (χ2v) is 4.12. The molecule has 0 bridgehead atoms. The van der Waals surface area contributed by atoms with Crippen molar-refractivity contribution in [3.05, 3.63) is 58.6 Å². The fourth-order valence-corrected chi connectivity index (χ4v) is 1.77. The van der Waals surface area contributed by atoms with Gasteiger partial charge in [-0.2, -0.15) is 0 Å². The van der Waals surface area contributed by atoms with Crippen molar-refractivity contribution >= 4 is 28.9 Å². The Kier molecular flexibility index (Phi) is 3.66. The predicted molar refractivity (Wildman–Crippen MR) is 68.1 cm³/mol. The second kappa shape index (κ2) is 5.24. The first-order valence-corrected chi connectivity index (χ1v) is 5.60. The van der Waals surface area contributed by atoms with E-state index in [1.165, 1.54) is 18.2 Å². The molecule has 98 valence electrons. The number of aromatic carboxylic acids is 1. The van der Waals surface area contributed by atoms with Crippen LogP contribution in [-0.4, -0.2) is 11.1 Å². The first-order chi connectivity index (χ1) is 8.99. The Morgan fingerprint density at radius 1 is 1.21 bits per heavy atom. The van der Waals surface area contributed by atoms with Gasteiger partial charge in [0, 0.05) is 0 Å². The molecule has 19 heavy (non-hydrogen) atoms. The molecule has 0 heterocycles. The second-order valence-electron chi connectivity index (χ2n) is 3.72. The van der Waals surface area contributed by atoms with Gasteiger partial charge in [-0.05, 0) is 30.3 Å². The molecule has 3 nitrogen and oxygen atoms in total. The van der Waals surface area contributed by atoms with Gasteiger partial charge < -0.3 is 10.4 Å². The van der Waals surface area contributed by atoms with Crippen LogP contribution in [0, 0.1) is 11.6 Å². The predicted octanol–water partition coefficient (Wildman–Crippen LogP) is 4.06. The average Bonchev–Trinajstić information content (AvgIpc) is 2.34. The summed E-state index contributed by atoms with van der Waals surface area (Å²) in [7, 11) is 0. The van der Waals surface area contributed by atoms with Crippen LogP contribution in [-0.2, 0) is 0 Å². The molecule has 2 aromatic rings. The quantitative estimate of drug-likeness (QED) is 0.893. The molecule has 2 rings (SSSR count). The largest absolute Gasteiger partial charge is 0.478 e. The lowest BCUT2D eigenvalue weighted by Crippen LogP contribution is -2.05. The number of carboxylic acid groups (broad SMARTS) is 1. The van der Waals surface area contributed by atoms with Crippen LogP contribution in [0.25, 0.3) is 0 Å². The van der Waals surface area contributed by atoms with Crippen LogP contribution in [0.15, 0.2) is 36.4 Å². The van der Waals surface area contributed by atoms with Gasteiger partial charge in [-0.1, -0.05) is 17.7 Å². The summed E-state index contributed by atoms with van der Waals surface area (Å²) >= 11 is 5.79. The molecule has 0 spiro atoms. The molecule has 6 heteroatoms. The molecule has 0 aliphatic rings. The maximum absolute atomic E-state index is 13.7. The van der Waals surface area contributed by atoms with E-state index in [0.717, 1.165) is 18.2 Å². The number of anilines is 2. The van der Waals surface area contributed by atoms with Gasteiger partial charge in [0.2, 0.25) is 0 Å². The highest BCUT2D eigenvalue weighted by Gasteiger charge is 2.15. The zero-order valence-electron chi connectivity index (χ0n) is 9.45. The number of halogens is 3. The van der Waals surface area contributed by atoms with Crippen LogP contribution in [0.3, 0.4) is 0 Å². The summed E-state index contributed by atoms with van der Waals surface area (Å²) in [4.78, 5) is 11.0. The SMILES string of the molecule is O=C(O)c1cccc(F)c1Nc1ccc(F)cc1Cl. The monoisotopic (exact) mass is 283 g/mol. The standard InChI is InChI=1S/C13H8ClF2NO2/c14-9-6-7(15)4-5-11(9)17-12-8(13(18)19)2-1-3-10(12)16/h1-6,17H,(H,18,19). The maximum atomic E-state index is 13.7. The molecule has 0 saturated carbocycles. The number of hydrogen-bond acceptors (Lipinski definition) is 2. The minimum Gasteiger partial charge on any atom is -0.478 e. The third-order valence-corrected chi connectivity index (χ3v) is 2.75. The van der Waals surface area contributed by atoms with Crippen molar-refractivity contribution < 1.29 is 18.7 Å². The molecule has 2 N–H and O–H groups in total. The van der Waals surface area contributed by atoms with E-state index < -0.39 is 17.6 Å². The Hall–Kier alpha value is -2.14. The molecule has 0 aliphatic heterocycles. The molecule has 0 saturated heterocycles. The van der Waals surface area contributed by atoms with Crippen LogP contribution < -0.4 is 5.32 Å². The van der Waals surface area contributed by atoms with Gasteiger partial charge in [0.1, 0.15) is 11.6 Å². The van der Waals surface area contributed by atoms with Crippen molar-refractivity contribution in [2.24, 2.45) is 0 Å². The van der Waals surface area contributed by atoms with E-state index in [0.29, 0.717) is 0 Å². The number of rotatable bonds is 3. The number of carbonyl (C=O) groups is 1. The molecule has 0 aliphatic carbocycles.